The highest BCUT2D eigenvalue weighted by Crippen LogP contribution is 2.64. The van der Waals surface area contributed by atoms with E-state index in [-0.39, 0.29) is 6.04 Å². The van der Waals surface area contributed by atoms with Crippen LogP contribution in [0.25, 0.3) is 11.3 Å². The summed E-state index contributed by atoms with van der Waals surface area (Å²) in [5.41, 5.74) is 6.56. The third kappa shape index (κ3) is 3.69. The van der Waals surface area contributed by atoms with Crippen LogP contribution in [0, 0.1) is 11.8 Å². The molecule has 2 aromatic heterocycles. The number of nitrogen functional groups attached to an aromatic ring is 1. The second-order valence-electron chi connectivity index (χ2n) is 9.77. The monoisotopic (exact) mass is 449 g/mol. The molecule has 0 aromatic carbocycles. The topological polar surface area (TPSA) is 69.2 Å². The van der Waals surface area contributed by atoms with Crippen LogP contribution in [0.1, 0.15) is 56.3 Å². The minimum Gasteiger partial charge on any atom is -0.383 e. The Balaban J connectivity index is 1.36. The van der Waals surface area contributed by atoms with Crippen LogP contribution in [0.15, 0.2) is 18.3 Å². The normalized spacial score (nSPS) is 30.3. The fourth-order valence-electron chi connectivity index (χ4n) is 5.88. The summed E-state index contributed by atoms with van der Waals surface area (Å²) in [6.45, 7) is 6.23. The largest absolute Gasteiger partial charge is 0.419 e. The van der Waals surface area contributed by atoms with Crippen LogP contribution in [-0.2, 0) is 10.9 Å². The van der Waals surface area contributed by atoms with Crippen LogP contribution in [0.3, 0.4) is 0 Å². The summed E-state index contributed by atoms with van der Waals surface area (Å²) in [6.07, 6.45) is 0.632. The van der Waals surface area contributed by atoms with Crippen molar-refractivity contribution in [2.24, 2.45) is 11.8 Å². The van der Waals surface area contributed by atoms with Gasteiger partial charge in [-0.2, -0.15) is 18.3 Å². The Hall–Kier alpha value is -2.13. The van der Waals surface area contributed by atoms with Crippen molar-refractivity contribution < 1.29 is 17.9 Å². The number of likely N-dealkylation sites (tertiary alicyclic amines) is 1. The Kier molecular flexibility index (Phi) is 5.24. The standard InChI is InChI=1S/C23H30F3N5O/c1-12(2)31-20(9-19(29-31)13-6-18(23(24,25)26)22(27)28-10-13)21-16-7-14(8-17(16)21)30-5-4-15(11-30)32-3/h6,9-10,12,14-17,21H,4-5,7-8,11H2,1-3H3,(H2,27,28)/t14?,15-,16-,17+,21-/m1/s1. The number of aromatic nitrogens is 3. The van der Waals surface area contributed by atoms with Crippen LogP contribution < -0.4 is 5.73 Å². The number of ether oxygens (including phenoxy) is 1. The van der Waals surface area contributed by atoms with Gasteiger partial charge in [-0.15, -0.1) is 0 Å². The van der Waals surface area contributed by atoms with E-state index in [1.165, 1.54) is 19.0 Å². The van der Waals surface area contributed by atoms with Crippen LogP contribution in [0.2, 0.25) is 0 Å². The van der Waals surface area contributed by atoms with Crippen LogP contribution in [-0.4, -0.2) is 52.0 Å². The average Bonchev–Trinajstić information content (AvgIpc) is 3.22. The predicted octanol–water partition coefficient (Wildman–Crippen LogP) is 4.34. The van der Waals surface area contributed by atoms with E-state index in [2.05, 4.69) is 28.8 Å². The number of nitrogens with zero attached hydrogens (tertiary/aromatic N) is 4. The molecule has 0 spiro atoms. The highest BCUT2D eigenvalue weighted by atomic mass is 19.4. The molecule has 2 aromatic rings. The average molecular weight is 450 g/mol. The first kappa shape index (κ1) is 21.7. The molecule has 1 unspecified atom stereocenters. The minimum absolute atomic E-state index is 0.126. The molecule has 1 aliphatic heterocycles. The minimum atomic E-state index is -4.55. The molecular formula is C23H30F3N5O. The molecule has 1 saturated heterocycles. The number of rotatable bonds is 5. The second-order valence-corrected chi connectivity index (χ2v) is 9.77. The summed E-state index contributed by atoms with van der Waals surface area (Å²) in [4.78, 5) is 6.35. The van der Waals surface area contributed by atoms with E-state index >= 15 is 0 Å². The summed E-state index contributed by atoms with van der Waals surface area (Å²) in [5.74, 6) is 1.17. The maximum absolute atomic E-state index is 13.3. The second kappa shape index (κ2) is 7.73. The number of nitrogens with two attached hydrogens (primary N) is 1. The van der Waals surface area contributed by atoms with E-state index in [0.29, 0.717) is 41.2 Å². The van der Waals surface area contributed by atoms with E-state index in [0.717, 1.165) is 31.3 Å². The summed E-state index contributed by atoms with van der Waals surface area (Å²) in [6, 6.07) is 3.76. The number of pyridine rings is 1. The van der Waals surface area contributed by atoms with Gasteiger partial charge < -0.3 is 10.5 Å². The number of halogens is 3. The van der Waals surface area contributed by atoms with Gasteiger partial charge >= 0.3 is 6.18 Å². The molecule has 3 fully saturated rings. The number of fused-ring (bicyclic) bond motifs is 1. The number of methoxy groups -OCH3 is 1. The van der Waals surface area contributed by atoms with Crippen molar-refractivity contribution in [2.45, 2.75) is 63.4 Å². The molecule has 6 nitrogen and oxygen atoms in total. The van der Waals surface area contributed by atoms with Gasteiger partial charge in [-0.1, -0.05) is 0 Å². The third-order valence-electron chi connectivity index (χ3n) is 7.56. The Morgan fingerprint density at radius 1 is 1.19 bits per heavy atom. The van der Waals surface area contributed by atoms with Gasteiger partial charge in [0.1, 0.15) is 5.82 Å². The van der Waals surface area contributed by atoms with Crippen molar-refractivity contribution in [3.63, 3.8) is 0 Å². The molecule has 5 atom stereocenters. The Labute approximate surface area is 185 Å². The summed E-state index contributed by atoms with van der Waals surface area (Å²) < 4.78 is 47.4. The molecule has 0 amide bonds. The first-order chi connectivity index (χ1) is 15.2. The third-order valence-corrected chi connectivity index (χ3v) is 7.56. The molecule has 9 heteroatoms. The smallest absolute Gasteiger partial charge is 0.383 e. The zero-order valence-electron chi connectivity index (χ0n) is 18.6. The van der Waals surface area contributed by atoms with Gasteiger partial charge in [0.05, 0.1) is 17.4 Å². The SMILES string of the molecule is CO[C@@H]1CCN(C2C[C@@H]3[C@H](C2)[C@@H]3c2cc(-c3cnc(N)c(C(F)(F)F)c3)nn2C(C)C)C1. The number of anilines is 1. The molecule has 2 saturated carbocycles. The maximum Gasteiger partial charge on any atom is 0.419 e. The van der Waals surface area contributed by atoms with Gasteiger partial charge in [0.15, 0.2) is 0 Å². The highest BCUT2D eigenvalue weighted by Gasteiger charge is 2.59. The summed E-state index contributed by atoms with van der Waals surface area (Å²) in [7, 11) is 1.79. The van der Waals surface area contributed by atoms with Crippen molar-refractivity contribution in [3.8, 4) is 11.3 Å². The lowest BCUT2D eigenvalue weighted by molar-refractivity contribution is -0.137. The molecule has 2 N–H and O–H groups in total. The van der Waals surface area contributed by atoms with Gasteiger partial charge in [0.2, 0.25) is 0 Å². The van der Waals surface area contributed by atoms with Crippen LogP contribution >= 0.6 is 0 Å². The van der Waals surface area contributed by atoms with E-state index in [9.17, 15) is 13.2 Å². The van der Waals surface area contributed by atoms with E-state index in [4.69, 9.17) is 10.5 Å². The van der Waals surface area contributed by atoms with Crippen molar-refractivity contribution >= 4 is 5.82 Å². The van der Waals surface area contributed by atoms with E-state index in [1.54, 1.807) is 7.11 Å². The van der Waals surface area contributed by atoms with Crippen LogP contribution in [0.4, 0.5) is 19.0 Å². The van der Waals surface area contributed by atoms with Crippen LogP contribution in [0.5, 0.6) is 0 Å². The number of alkyl halides is 3. The molecule has 0 bridgehead atoms. The fourth-order valence-corrected chi connectivity index (χ4v) is 5.88. The van der Waals surface area contributed by atoms with Crippen molar-refractivity contribution in [1.29, 1.82) is 0 Å². The molecule has 174 valence electrons. The van der Waals surface area contributed by atoms with Gasteiger partial charge in [-0.3, -0.25) is 9.58 Å². The first-order valence-electron chi connectivity index (χ1n) is 11.4. The van der Waals surface area contributed by atoms with Gasteiger partial charge in [-0.25, -0.2) is 4.98 Å². The zero-order valence-corrected chi connectivity index (χ0v) is 18.6. The lowest BCUT2D eigenvalue weighted by Gasteiger charge is -2.26. The number of hydrogen-bond donors (Lipinski definition) is 1. The Bertz CT molecular complexity index is 992. The Morgan fingerprint density at radius 3 is 2.50 bits per heavy atom. The van der Waals surface area contributed by atoms with Crippen molar-refractivity contribution in [2.75, 3.05) is 25.9 Å². The molecule has 2 aliphatic carbocycles. The van der Waals surface area contributed by atoms with Gasteiger partial charge in [0.25, 0.3) is 0 Å². The van der Waals surface area contributed by atoms with E-state index < -0.39 is 17.6 Å². The molecule has 3 aliphatic rings. The van der Waals surface area contributed by atoms with Gasteiger partial charge in [-0.05, 0) is 57.1 Å². The molecule has 32 heavy (non-hydrogen) atoms. The lowest BCUT2D eigenvalue weighted by atomic mass is 10.0. The maximum atomic E-state index is 13.3. The zero-order chi connectivity index (χ0) is 22.8. The highest BCUT2D eigenvalue weighted by molar-refractivity contribution is 5.63. The quantitative estimate of drug-likeness (QED) is 0.736. The predicted molar refractivity (Wildman–Crippen MR) is 115 cm³/mol. The number of hydrogen-bond acceptors (Lipinski definition) is 5. The molecule has 0 radical (unpaired) electrons. The summed E-state index contributed by atoms with van der Waals surface area (Å²) in [5, 5.41) is 4.68. The van der Waals surface area contributed by atoms with Crippen molar-refractivity contribution in [3.05, 3.63) is 29.6 Å². The van der Waals surface area contributed by atoms with Crippen molar-refractivity contribution in [1.82, 2.24) is 19.7 Å². The molecular weight excluding hydrogens is 419 g/mol. The lowest BCUT2D eigenvalue weighted by Crippen LogP contribution is -2.33. The first-order valence-corrected chi connectivity index (χ1v) is 11.4. The molecule has 3 heterocycles. The summed E-state index contributed by atoms with van der Waals surface area (Å²) >= 11 is 0. The van der Waals surface area contributed by atoms with Gasteiger partial charge in [0, 0.05) is 55.7 Å². The fraction of sp³-hybridized carbons (Fsp3) is 0.652. The molecule has 5 rings (SSSR count). The van der Waals surface area contributed by atoms with E-state index in [1.807, 2.05) is 10.7 Å². The Morgan fingerprint density at radius 2 is 1.91 bits per heavy atom.